The summed E-state index contributed by atoms with van der Waals surface area (Å²) in [5.41, 5.74) is 1.87. The molecule has 0 bridgehead atoms. The van der Waals surface area contributed by atoms with Crippen molar-refractivity contribution < 1.29 is 0 Å². The van der Waals surface area contributed by atoms with Crippen LogP contribution >= 0.6 is 0 Å². The van der Waals surface area contributed by atoms with Crippen LogP contribution in [0.1, 0.15) is 92.4 Å². The summed E-state index contributed by atoms with van der Waals surface area (Å²) in [6.07, 6.45) is 12.3. The molecule has 0 N–H and O–H groups in total. The van der Waals surface area contributed by atoms with Gasteiger partial charge in [0.15, 0.2) is 0 Å². The summed E-state index contributed by atoms with van der Waals surface area (Å²) in [6.45, 7) is 14.1. The Kier molecular flexibility index (Phi) is 14.4. The predicted octanol–water partition coefficient (Wildman–Crippen LogP) is 4.89. The van der Waals surface area contributed by atoms with Crippen LogP contribution in [0.15, 0.2) is 9.16 Å². The Balaban J connectivity index is 5.21. The topological polar surface area (TPSA) is 3.24 Å². The fraction of sp³-hybridized carbons (Fsp3) is 0.895. The number of hydrogen-bond donors (Lipinski definition) is 0. The quantitative estimate of drug-likeness (QED) is 0.397. The number of rotatable bonds is 13. The van der Waals surface area contributed by atoms with Crippen LogP contribution in [-0.4, -0.2) is 46.6 Å². The van der Waals surface area contributed by atoms with Gasteiger partial charge in [0.25, 0.3) is 0 Å². The molecule has 2 heteroatoms. The van der Waals surface area contributed by atoms with E-state index in [4.69, 9.17) is 0 Å². The summed E-state index contributed by atoms with van der Waals surface area (Å²) in [5, 5.41) is 0. The molecular formula is C19H41NSn. The molecule has 126 valence electrons. The van der Waals surface area contributed by atoms with Crippen molar-refractivity contribution in [1.29, 1.82) is 0 Å². The number of nitrogens with zero attached hydrogens (tertiary/aromatic N) is 1. The van der Waals surface area contributed by atoms with E-state index >= 15 is 0 Å². The Bertz CT molecular complexity index is 269. The van der Waals surface area contributed by atoms with Crippen molar-refractivity contribution in [3.05, 3.63) is 9.16 Å². The van der Waals surface area contributed by atoms with Crippen LogP contribution in [0.5, 0.6) is 0 Å². The summed E-state index contributed by atoms with van der Waals surface area (Å²) >= 11 is 0.679. The van der Waals surface area contributed by atoms with Crippen LogP contribution in [0, 0.1) is 0 Å². The third-order valence-electron chi connectivity index (χ3n) is 4.74. The molecule has 0 saturated carbocycles. The van der Waals surface area contributed by atoms with E-state index in [-0.39, 0.29) is 0 Å². The summed E-state index contributed by atoms with van der Waals surface area (Å²) in [7, 11) is 0. The fourth-order valence-corrected chi connectivity index (χ4v) is 5.95. The van der Waals surface area contributed by atoms with Gasteiger partial charge in [-0.25, -0.2) is 0 Å². The minimum absolute atomic E-state index is 0.679. The van der Waals surface area contributed by atoms with E-state index in [1.807, 2.05) is 9.16 Å². The second kappa shape index (κ2) is 14.1. The van der Waals surface area contributed by atoms with Gasteiger partial charge in [-0.1, -0.05) is 0 Å². The van der Waals surface area contributed by atoms with Gasteiger partial charge in [-0.15, -0.1) is 0 Å². The molecule has 0 amide bonds. The Morgan fingerprint density at radius 2 is 1.33 bits per heavy atom. The molecule has 0 aliphatic carbocycles. The van der Waals surface area contributed by atoms with Crippen LogP contribution in [0.4, 0.5) is 0 Å². The second-order valence-corrected chi connectivity index (χ2v) is 9.84. The molecule has 0 aromatic carbocycles. The van der Waals surface area contributed by atoms with Crippen molar-refractivity contribution in [2.45, 2.75) is 98.4 Å². The SMILES string of the molecule is CCCC[C]([SnH3])=C(CCCC)C(CCCC)N(CC)CC. The third-order valence-corrected chi connectivity index (χ3v) is 8.00. The minimum atomic E-state index is 0.679. The van der Waals surface area contributed by atoms with Crippen molar-refractivity contribution in [1.82, 2.24) is 4.90 Å². The van der Waals surface area contributed by atoms with Gasteiger partial charge in [-0.05, 0) is 0 Å². The van der Waals surface area contributed by atoms with Crippen molar-refractivity contribution >= 4 is 22.5 Å². The van der Waals surface area contributed by atoms with Crippen molar-refractivity contribution in [3.63, 3.8) is 0 Å². The monoisotopic (exact) mass is 403 g/mol. The van der Waals surface area contributed by atoms with E-state index in [0.29, 0.717) is 22.5 Å². The molecular weight excluding hydrogens is 361 g/mol. The van der Waals surface area contributed by atoms with E-state index < -0.39 is 0 Å². The van der Waals surface area contributed by atoms with E-state index in [9.17, 15) is 0 Å². The van der Waals surface area contributed by atoms with Crippen LogP contribution in [0.25, 0.3) is 0 Å². The average molecular weight is 402 g/mol. The van der Waals surface area contributed by atoms with Crippen LogP contribution in [0.3, 0.4) is 0 Å². The molecule has 0 aromatic rings. The molecule has 0 fully saturated rings. The molecule has 0 radical (unpaired) electrons. The van der Waals surface area contributed by atoms with E-state index in [1.54, 1.807) is 0 Å². The molecule has 1 nitrogen and oxygen atoms in total. The molecule has 21 heavy (non-hydrogen) atoms. The van der Waals surface area contributed by atoms with Crippen LogP contribution in [-0.2, 0) is 0 Å². The van der Waals surface area contributed by atoms with E-state index in [1.165, 1.54) is 70.9 Å². The first-order valence-electron chi connectivity index (χ1n) is 9.58. The first-order valence-corrected chi connectivity index (χ1v) is 12.4. The Morgan fingerprint density at radius 1 is 0.810 bits per heavy atom. The van der Waals surface area contributed by atoms with Gasteiger partial charge in [-0.2, -0.15) is 0 Å². The summed E-state index contributed by atoms with van der Waals surface area (Å²) in [4.78, 5) is 2.72. The maximum absolute atomic E-state index is 2.72. The standard InChI is InChI=1S/C19H38N.Sn.3H/c1-6-11-14-16-18(15-12-7-2)19(17-13-8-3)20(9-4)10-5;;;;/h19H,6-15,17H2,1-5H3;;;;. The van der Waals surface area contributed by atoms with Crippen molar-refractivity contribution in [2.24, 2.45) is 0 Å². The van der Waals surface area contributed by atoms with Crippen LogP contribution in [0.2, 0.25) is 0 Å². The van der Waals surface area contributed by atoms with Gasteiger partial charge in [-0.3, -0.25) is 0 Å². The summed E-state index contributed by atoms with van der Waals surface area (Å²) in [6, 6.07) is 0.750. The fourth-order valence-electron chi connectivity index (χ4n) is 3.27. The predicted molar refractivity (Wildman–Crippen MR) is 102 cm³/mol. The Labute approximate surface area is 148 Å². The normalized spacial score (nSPS) is 14.6. The second-order valence-electron chi connectivity index (χ2n) is 6.39. The van der Waals surface area contributed by atoms with E-state index in [2.05, 4.69) is 39.5 Å². The van der Waals surface area contributed by atoms with Crippen molar-refractivity contribution in [3.8, 4) is 0 Å². The maximum atomic E-state index is 2.72. The molecule has 0 spiro atoms. The zero-order valence-corrected chi connectivity index (χ0v) is 21.5. The van der Waals surface area contributed by atoms with Gasteiger partial charge in [0.2, 0.25) is 0 Å². The zero-order valence-electron chi connectivity index (χ0n) is 15.8. The first-order chi connectivity index (χ1) is 10.2. The van der Waals surface area contributed by atoms with E-state index in [0.717, 1.165) is 6.04 Å². The molecule has 0 saturated heterocycles. The molecule has 0 aliphatic heterocycles. The average Bonchev–Trinajstić information content (AvgIpc) is 2.50. The molecule has 0 heterocycles. The van der Waals surface area contributed by atoms with Gasteiger partial charge < -0.3 is 0 Å². The number of allylic oxidation sites excluding steroid dienone is 1. The van der Waals surface area contributed by atoms with Crippen LogP contribution < -0.4 is 0 Å². The summed E-state index contributed by atoms with van der Waals surface area (Å²) in [5.74, 6) is 0. The molecule has 0 aliphatic rings. The molecule has 0 rings (SSSR count). The van der Waals surface area contributed by atoms with Gasteiger partial charge in [0.05, 0.1) is 0 Å². The number of hydrogen-bond acceptors (Lipinski definition) is 1. The Hall–Kier alpha value is 0.499. The summed E-state index contributed by atoms with van der Waals surface area (Å²) < 4.78 is 1.90. The molecule has 1 atom stereocenters. The van der Waals surface area contributed by atoms with Gasteiger partial charge >= 0.3 is 148 Å². The van der Waals surface area contributed by atoms with Gasteiger partial charge in [0.1, 0.15) is 0 Å². The number of likely N-dealkylation sites (N-methyl/N-ethyl adjacent to an activating group) is 1. The first kappa shape index (κ1) is 21.5. The molecule has 0 aromatic heterocycles. The zero-order chi connectivity index (χ0) is 16.1. The van der Waals surface area contributed by atoms with Crippen molar-refractivity contribution in [2.75, 3.05) is 13.1 Å². The Morgan fingerprint density at radius 3 is 1.81 bits per heavy atom. The molecule has 1 unspecified atom stereocenters. The number of unbranched alkanes of at least 4 members (excludes halogenated alkanes) is 3. The third kappa shape index (κ3) is 8.64. The van der Waals surface area contributed by atoms with Gasteiger partial charge in [0, 0.05) is 0 Å².